The molecule has 0 bridgehead atoms. The van der Waals surface area contributed by atoms with Crippen LogP contribution in [-0.2, 0) is 20.9 Å². The third kappa shape index (κ3) is 6.47. The molecule has 152 valence electrons. The Labute approximate surface area is 171 Å². The van der Waals surface area contributed by atoms with Crippen LogP contribution in [0.2, 0.25) is 0 Å². The van der Waals surface area contributed by atoms with Gasteiger partial charge in [0.15, 0.2) is 6.61 Å². The molecule has 1 heterocycles. The minimum Gasteiger partial charge on any atom is -0.497 e. The van der Waals surface area contributed by atoms with Crippen LogP contribution in [0.15, 0.2) is 60.7 Å². The van der Waals surface area contributed by atoms with Crippen LogP contribution in [0.25, 0.3) is 6.08 Å². The van der Waals surface area contributed by atoms with Gasteiger partial charge in [-0.1, -0.05) is 42.5 Å². The van der Waals surface area contributed by atoms with E-state index in [4.69, 9.17) is 9.47 Å². The Morgan fingerprint density at radius 1 is 0.966 bits per heavy atom. The van der Waals surface area contributed by atoms with E-state index in [1.165, 1.54) is 11.6 Å². The summed E-state index contributed by atoms with van der Waals surface area (Å²) in [5, 5.41) is 0. The summed E-state index contributed by atoms with van der Waals surface area (Å²) in [7, 11) is 1.60. The van der Waals surface area contributed by atoms with Gasteiger partial charge in [-0.25, -0.2) is 4.79 Å². The molecule has 29 heavy (non-hydrogen) atoms. The maximum absolute atomic E-state index is 12.3. The predicted molar refractivity (Wildman–Crippen MR) is 111 cm³/mol. The number of hydrogen-bond donors (Lipinski definition) is 0. The first kappa shape index (κ1) is 20.6. The molecular formula is C23H26N2O4. The van der Waals surface area contributed by atoms with Crippen LogP contribution in [0, 0.1) is 0 Å². The van der Waals surface area contributed by atoms with Gasteiger partial charge in [-0.2, -0.15) is 0 Å². The van der Waals surface area contributed by atoms with Gasteiger partial charge >= 0.3 is 5.97 Å². The summed E-state index contributed by atoms with van der Waals surface area (Å²) in [5.74, 6) is 0.0617. The van der Waals surface area contributed by atoms with Crippen molar-refractivity contribution in [2.75, 3.05) is 39.9 Å². The van der Waals surface area contributed by atoms with E-state index in [1.54, 1.807) is 18.1 Å². The molecule has 2 aromatic carbocycles. The highest BCUT2D eigenvalue weighted by Gasteiger charge is 2.21. The number of piperazine rings is 1. The Hall–Kier alpha value is -3.12. The Morgan fingerprint density at radius 3 is 2.31 bits per heavy atom. The van der Waals surface area contributed by atoms with E-state index in [-0.39, 0.29) is 12.5 Å². The third-order valence-electron chi connectivity index (χ3n) is 4.84. The van der Waals surface area contributed by atoms with Crippen LogP contribution in [0.1, 0.15) is 11.1 Å². The Bertz CT molecular complexity index is 826. The summed E-state index contributed by atoms with van der Waals surface area (Å²) < 4.78 is 10.2. The van der Waals surface area contributed by atoms with Crippen LogP contribution in [0.3, 0.4) is 0 Å². The summed E-state index contributed by atoms with van der Waals surface area (Å²) >= 11 is 0. The standard InChI is InChI=1S/C23H26N2O4/c1-28-21-10-7-19(8-11-21)9-12-23(27)29-18-22(26)25-15-13-24(14-16-25)17-20-5-3-2-4-6-20/h2-12H,13-18H2,1H3/b12-9+. The molecule has 6 heteroatoms. The molecule has 0 atom stereocenters. The first-order valence-electron chi connectivity index (χ1n) is 9.67. The number of ether oxygens (including phenoxy) is 2. The largest absolute Gasteiger partial charge is 0.497 e. The molecule has 6 nitrogen and oxygen atoms in total. The topological polar surface area (TPSA) is 59.1 Å². The van der Waals surface area contributed by atoms with Crippen LogP contribution >= 0.6 is 0 Å². The molecule has 1 saturated heterocycles. The van der Waals surface area contributed by atoms with Crippen molar-refractivity contribution in [3.05, 3.63) is 71.8 Å². The second-order valence-corrected chi connectivity index (χ2v) is 6.86. The summed E-state index contributed by atoms with van der Waals surface area (Å²) in [5.41, 5.74) is 2.12. The van der Waals surface area contributed by atoms with E-state index in [0.717, 1.165) is 30.9 Å². The number of methoxy groups -OCH3 is 1. The van der Waals surface area contributed by atoms with Gasteiger partial charge in [-0.3, -0.25) is 9.69 Å². The fourth-order valence-corrected chi connectivity index (χ4v) is 3.15. The minimum atomic E-state index is -0.531. The monoisotopic (exact) mass is 394 g/mol. The lowest BCUT2D eigenvalue weighted by Crippen LogP contribution is -2.49. The van der Waals surface area contributed by atoms with E-state index < -0.39 is 5.97 Å². The lowest BCUT2D eigenvalue weighted by Gasteiger charge is -2.34. The van der Waals surface area contributed by atoms with Crippen LogP contribution in [0.4, 0.5) is 0 Å². The number of amides is 1. The number of hydrogen-bond acceptors (Lipinski definition) is 5. The molecule has 2 aromatic rings. The molecule has 0 unspecified atom stereocenters. The first-order chi connectivity index (χ1) is 14.1. The lowest BCUT2D eigenvalue weighted by atomic mass is 10.2. The van der Waals surface area contributed by atoms with Gasteiger partial charge in [0.25, 0.3) is 5.91 Å². The van der Waals surface area contributed by atoms with Crippen LogP contribution in [0.5, 0.6) is 5.75 Å². The van der Waals surface area contributed by atoms with Crippen molar-refractivity contribution in [1.29, 1.82) is 0 Å². The van der Waals surface area contributed by atoms with Crippen LogP contribution < -0.4 is 4.74 Å². The Kier molecular flexibility index (Phi) is 7.41. The molecule has 1 aliphatic rings. The molecule has 0 spiro atoms. The average molecular weight is 394 g/mol. The van der Waals surface area contributed by atoms with Crippen molar-refractivity contribution < 1.29 is 19.1 Å². The molecule has 0 N–H and O–H groups in total. The molecule has 0 aliphatic carbocycles. The van der Waals surface area contributed by atoms with Gasteiger partial charge in [-0.15, -0.1) is 0 Å². The van der Waals surface area contributed by atoms with Gasteiger partial charge in [-0.05, 0) is 29.3 Å². The zero-order valence-corrected chi connectivity index (χ0v) is 16.6. The normalized spacial score (nSPS) is 14.7. The Morgan fingerprint density at radius 2 is 1.66 bits per heavy atom. The molecule has 0 radical (unpaired) electrons. The van der Waals surface area contributed by atoms with Crippen LogP contribution in [-0.4, -0.2) is 61.6 Å². The number of nitrogens with zero attached hydrogens (tertiary/aromatic N) is 2. The number of rotatable bonds is 7. The molecular weight excluding hydrogens is 368 g/mol. The predicted octanol–water partition coefficient (Wildman–Crippen LogP) is 2.60. The summed E-state index contributed by atoms with van der Waals surface area (Å²) in [6.07, 6.45) is 2.97. The minimum absolute atomic E-state index is 0.157. The number of carbonyl (C=O) groups is 2. The molecule has 1 aliphatic heterocycles. The zero-order chi connectivity index (χ0) is 20.5. The van der Waals surface area contributed by atoms with Crippen molar-refractivity contribution >= 4 is 18.0 Å². The quantitative estimate of drug-likeness (QED) is 0.534. The molecule has 1 fully saturated rings. The van der Waals surface area contributed by atoms with Gasteiger partial charge < -0.3 is 14.4 Å². The molecule has 3 rings (SSSR count). The fraction of sp³-hybridized carbons (Fsp3) is 0.304. The maximum Gasteiger partial charge on any atom is 0.331 e. The van der Waals surface area contributed by atoms with E-state index in [0.29, 0.717) is 13.1 Å². The fourth-order valence-electron chi connectivity index (χ4n) is 3.15. The lowest BCUT2D eigenvalue weighted by molar-refractivity contribution is -0.149. The summed E-state index contributed by atoms with van der Waals surface area (Å²) in [6, 6.07) is 17.6. The second-order valence-electron chi connectivity index (χ2n) is 6.86. The number of benzene rings is 2. The number of esters is 1. The summed E-state index contributed by atoms with van der Waals surface area (Å²) in [6.45, 7) is 3.56. The van der Waals surface area contributed by atoms with Gasteiger partial charge in [0.1, 0.15) is 5.75 Å². The van der Waals surface area contributed by atoms with Crippen molar-refractivity contribution in [2.24, 2.45) is 0 Å². The molecule has 0 saturated carbocycles. The highest BCUT2D eigenvalue weighted by atomic mass is 16.5. The van der Waals surface area contributed by atoms with Crippen molar-refractivity contribution in [2.45, 2.75) is 6.54 Å². The third-order valence-corrected chi connectivity index (χ3v) is 4.84. The molecule has 1 amide bonds. The Balaban J connectivity index is 1.38. The zero-order valence-electron chi connectivity index (χ0n) is 16.6. The number of carbonyl (C=O) groups excluding carboxylic acids is 2. The van der Waals surface area contributed by atoms with E-state index >= 15 is 0 Å². The van der Waals surface area contributed by atoms with E-state index in [9.17, 15) is 9.59 Å². The first-order valence-corrected chi connectivity index (χ1v) is 9.67. The highest BCUT2D eigenvalue weighted by Crippen LogP contribution is 2.12. The smallest absolute Gasteiger partial charge is 0.331 e. The van der Waals surface area contributed by atoms with E-state index in [1.807, 2.05) is 42.5 Å². The van der Waals surface area contributed by atoms with Crippen molar-refractivity contribution in [3.63, 3.8) is 0 Å². The SMILES string of the molecule is COc1ccc(/C=C/C(=O)OCC(=O)N2CCN(Cc3ccccc3)CC2)cc1. The average Bonchev–Trinajstić information content (AvgIpc) is 2.77. The second kappa shape index (κ2) is 10.4. The van der Waals surface area contributed by atoms with Crippen molar-refractivity contribution in [3.8, 4) is 5.75 Å². The van der Waals surface area contributed by atoms with Crippen molar-refractivity contribution in [1.82, 2.24) is 9.80 Å². The van der Waals surface area contributed by atoms with Gasteiger partial charge in [0.05, 0.1) is 7.11 Å². The summed E-state index contributed by atoms with van der Waals surface area (Å²) in [4.78, 5) is 28.2. The maximum atomic E-state index is 12.3. The molecule has 0 aromatic heterocycles. The van der Waals surface area contributed by atoms with E-state index in [2.05, 4.69) is 17.0 Å². The van der Waals surface area contributed by atoms with Gasteiger partial charge in [0.2, 0.25) is 0 Å². The highest BCUT2D eigenvalue weighted by molar-refractivity contribution is 5.89. The van der Waals surface area contributed by atoms with Gasteiger partial charge in [0, 0.05) is 38.8 Å².